The van der Waals surface area contributed by atoms with Crippen molar-refractivity contribution in [3.63, 3.8) is 0 Å². The lowest BCUT2D eigenvalue weighted by molar-refractivity contribution is -0.0690. The first-order valence-electron chi connectivity index (χ1n) is 13.5. The molecule has 4 fully saturated rings. The molecule has 0 spiro atoms. The molecule has 0 bridgehead atoms. The third-order valence-electron chi connectivity index (χ3n) is 11.1. The maximum absolute atomic E-state index is 2.76. The maximum atomic E-state index is 2.76. The Morgan fingerprint density at radius 3 is 2.32 bits per heavy atom. The van der Waals surface area contributed by atoms with Gasteiger partial charge in [0.1, 0.15) is 0 Å². The van der Waals surface area contributed by atoms with E-state index in [-0.39, 0.29) is 0 Å². The number of hydrogen-bond acceptors (Lipinski definition) is 0. The fourth-order valence-electron chi connectivity index (χ4n) is 9.49. The van der Waals surface area contributed by atoms with Crippen LogP contribution in [0, 0.1) is 58.7 Å². The minimum Gasteiger partial charge on any atom is -0.0651 e. The lowest BCUT2D eigenvalue weighted by atomic mass is 9.49. The van der Waals surface area contributed by atoms with Gasteiger partial charge in [0.2, 0.25) is 0 Å². The summed E-state index contributed by atoms with van der Waals surface area (Å²) in [7, 11) is 0. The molecule has 0 heterocycles. The molecule has 0 N–H and O–H groups in total. The summed E-state index contributed by atoms with van der Waals surface area (Å²) in [6, 6.07) is 0. The van der Waals surface area contributed by atoms with E-state index in [1.165, 1.54) is 25.7 Å². The minimum atomic E-state index is 0.682. The monoisotopic (exact) mass is 386 g/mol. The quantitative estimate of drug-likeness (QED) is 0.428. The van der Waals surface area contributed by atoms with Gasteiger partial charge in [-0.2, -0.15) is 0 Å². The Morgan fingerprint density at radius 1 is 0.786 bits per heavy atom. The van der Waals surface area contributed by atoms with E-state index in [0.29, 0.717) is 5.41 Å². The first-order chi connectivity index (χ1) is 13.5. The van der Waals surface area contributed by atoms with Gasteiger partial charge in [-0.25, -0.2) is 0 Å². The summed E-state index contributed by atoms with van der Waals surface area (Å²) in [6.07, 6.45) is 20.0. The second kappa shape index (κ2) is 8.63. The lowest BCUT2D eigenvalue weighted by Crippen LogP contribution is -2.48. The highest BCUT2D eigenvalue weighted by molar-refractivity contribution is 5.06. The Balaban J connectivity index is 1.41. The molecular formula is C28H50. The van der Waals surface area contributed by atoms with Crippen LogP contribution in [-0.4, -0.2) is 0 Å². The average molecular weight is 387 g/mol. The number of rotatable bonds is 6. The van der Waals surface area contributed by atoms with Crippen molar-refractivity contribution in [1.29, 1.82) is 0 Å². The first kappa shape index (κ1) is 21.2. The van der Waals surface area contributed by atoms with Crippen molar-refractivity contribution in [2.75, 3.05) is 0 Å². The molecule has 0 heteroatoms. The molecule has 4 aliphatic carbocycles. The van der Waals surface area contributed by atoms with Crippen LogP contribution in [-0.2, 0) is 0 Å². The van der Waals surface area contributed by atoms with Gasteiger partial charge >= 0.3 is 0 Å². The Bertz CT molecular complexity index is 506. The van der Waals surface area contributed by atoms with E-state index in [1.54, 1.807) is 57.8 Å². The molecule has 9 atom stereocenters. The van der Waals surface area contributed by atoms with E-state index < -0.39 is 0 Å². The van der Waals surface area contributed by atoms with E-state index in [2.05, 4.69) is 34.6 Å². The molecule has 9 unspecified atom stereocenters. The van der Waals surface area contributed by atoms with E-state index in [1.807, 2.05) is 0 Å². The van der Waals surface area contributed by atoms with Gasteiger partial charge in [0.25, 0.3) is 0 Å². The van der Waals surface area contributed by atoms with Crippen molar-refractivity contribution >= 4 is 0 Å². The van der Waals surface area contributed by atoms with Gasteiger partial charge in [-0.1, -0.05) is 66.7 Å². The van der Waals surface area contributed by atoms with Crippen LogP contribution in [0.15, 0.2) is 0 Å². The fourth-order valence-corrected chi connectivity index (χ4v) is 9.49. The summed E-state index contributed by atoms with van der Waals surface area (Å²) < 4.78 is 0. The highest BCUT2D eigenvalue weighted by Gasteiger charge is 2.57. The molecule has 0 saturated heterocycles. The predicted octanol–water partition coefficient (Wildman–Crippen LogP) is 8.74. The number of hydrogen-bond donors (Lipinski definition) is 0. The first-order valence-corrected chi connectivity index (χ1v) is 13.5. The van der Waals surface area contributed by atoms with Gasteiger partial charge < -0.3 is 0 Å². The third kappa shape index (κ3) is 3.73. The SMILES string of the molecule is CCC(CCC(C)C1CCC2C3CCC4CCCCC4C3CCC12C)C(C)C. The Morgan fingerprint density at radius 2 is 1.57 bits per heavy atom. The van der Waals surface area contributed by atoms with Crippen molar-refractivity contribution in [2.45, 2.75) is 118 Å². The second-order valence-electron chi connectivity index (χ2n) is 12.4. The van der Waals surface area contributed by atoms with E-state index >= 15 is 0 Å². The van der Waals surface area contributed by atoms with Gasteiger partial charge in [-0.05, 0) is 110 Å². The highest BCUT2D eigenvalue weighted by Crippen LogP contribution is 2.65. The highest BCUT2D eigenvalue weighted by atomic mass is 14.6. The molecule has 162 valence electrons. The fraction of sp³-hybridized carbons (Fsp3) is 1.00. The van der Waals surface area contributed by atoms with E-state index in [0.717, 1.165) is 53.3 Å². The number of fused-ring (bicyclic) bond motifs is 5. The van der Waals surface area contributed by atoms with Crippen molar-refractivity contribution < 1.29 is 0 Å². The zero-order valence-corrected chi connectivity index (χ0v) is 19.9. The van der Waals surface area contributed by atoms with Crippen molar-refractivity contribution in [2.24, 2.45) is 58.7 Å². The average Bonchev–Trinajstić information content (AvgIpc) is 3.05. The van der Waals surface area contributed by atoms with Gasteiger partial charge in [0.05, 0.1) is 0 Å². The molecule has 0 nitrogen and oxygen atoms in total. The molecule has 0 amide bonds. The van der Waals surface area contributed by atoms with Crippen LogP contribution in [0.5, 0.6) is 0 Å². The standard InChI is InChI=1S/C28H50/c1-6-21(19(2)3)12-11-20(4)26-15-16-27-25-14-13-22-9-7-8-10-23(22)24(25)17-18-28(26,27)5/h19-27H,6-18H2,1-5H3. The molecule has 0 radical (unpaired) electrons. The topological polar surface area (TPSA) is 0 Å². The van der Waals surface area contributed by atoms with Crippen molar-refractivity contribution in [3.05, 3.63) is 0 Å². The molecule has 0 aromatic rings. The second-order valence-corrected chi connectivity index (χ2v) is 12.4. The van der Waals surface area contributed by atoms with Crippen molar-refractivity contribution in [1.82, 2.24) is 0 Å². The Labute approximate surface area is 177 Å². The van der Waals surface area contributed by atoms with Gasteiger partial charge in [0.15, 0.2) is 0 Å². The Kier molecular flexibility index (Phi) is 6.54. The summed E-state index contributed by atoms with van der Waals surface area (Å²) in [4.78, 5) is 0. The van der Waals surface area contributed by atoms with Gasteiger partial charge in [-0.15, -0.1) is 0 Å². The van der Waals surface area contributed by atoms with Crippen LogP contribution in [0.3, 0.4) is 0 Å². The molecule has 4 rings (SSSR count). The van der Waals surface area contributed by atoms with E-state index in [9.17, 15) is 0 Å². The van der Waals surface area contributed by atoms with Crippen molar-refractivity contribution in [3.8, 4) is 0 Å². The van der Waals surface area contributed by atoms with Crippen LogP contribution in [0.25, 0.3) is 0 Å². The molecule has 0 aromatic carbocycles. The smallest absolute Gasteiger partial charge is 0.0264 e. The lowest BCUT2D eigenvalue weighted by Gasteiger charge is -2.56. The zero-order valence-electron chi connectivity index (χ0n) is 19.9. The molecular weight excluding hydrogens is 336 g/mol. The van der Waals surface area contributed by atoms with E-state index in [4.69, 9.17) is 0 Å². The molecule has 28 heavy (non-hydrogen) atoms. The van der Waals surface area contributed by atoms with Crippen LogP contribution in [0.4, 0.5) is 0 Å². The van der Waals surface area contributed by atoms with Crippen LogP contribution >= 0.6 is 0 Å². The van der Waals surface area contributed by atoms with Gasteiger partial charge in [-0.3, -0.25) is 0 Å². The summed E-state index contributed by atoms with van der Waals surface area (Å²) in [6.45, 7) is 12.7. The van der Waals surface area contributed by atoms with Crippen LogP contribution < -0.4 is 0 Å². The maximum Gasteiger partial charge on any atom is -0.0264 e. The molecule has 4 saturated carbocycles. The molecule has 0 aromatic heterocycles. The molecule has 4 aliphatic rings. The predicted molar refractivity (Wildman–Crippen MR) is 122 cm³/mol. The largest absolute Gasteiger partial charge is 0.0651 e. The Hall–Kier alpha value is 0. The third-order valence-corrected chi connectivity index (χ3v) is 11.1. The summed E-state index contributed by atoms with van der Waals surface area (Å²) in [5.41, 5.74) is 0.682. The van der Waals surface area contributed by atoms with Crippen LogP contribution in [0.2, 0.25) is 0 Å². The molecule has 0 aliphatic heterocycles. The zero-order chi connectivity index (χ0) is 19.9. The normalized spacial score (nSPS) is 45.2. The van der Waals surface area contributed by atoms with Gasteiger partial charge in [0, 0.05) is 0 Å². The van der Waals surface area contributed by atoms with Crippen LogP contribution in [0.1, 0.15) is 118 Å². The summed E-state index contributed by atoms with van der Waals surface area (Å²) in [5.74, 6) is 9.34. The summed E-state index contributed by atoms with van der Waals surface area (Å²) >= 11 is 0. The minimum absolute atomic E-state index is 0.682. The summed E-state index contributed by atoms with van der Waals surface area (Å²) in [5, 5.41) is 0.